The summed E-state index contributed by atoms with van der Waals surface area (Å²) in [5.74, 6) is 0.728. The largest absolute Gasteiger partial charge is 0.365 e. The van der Waals surface area contributed by atoms with Crippen molar-refractivity contribution in [3.05, 3.63) is 28.8 Å². The molecule has 1 aromatic rings. The third-order valence-corrected chi connectivity index (χ3v) is 3.86. The normalized spacial score (nSPS) is 25.1. The first kappa shape index (κ1) is 10.4. The number of nitrogens with zero attached hydrogens (tertiary/aromatic N) is 1. The molecule has 2 nitrogen and oxygen atoms in total. The van der Waals surface area contributed by atoms with E-state index in [1.807, 2.05) is 6.07 Å². The van der Waals surface area contributed by atoms with Gasteiger partial charge in [-0.05, 0) is 36.1 Å². The number of nitrogens with one attached hydrogen (secondary N) is 1. The Morgan fingerprint density at radius 3 is 2.88 bits per heavy atom. The topological polar surface area (TPSA) is 15.3 Å². The van der Waals surface area contributed by atoms with Crippen LogP contribution in [0.5, 0.6) is 0 Å². The molecule has 0 bridgehead atoms. The maximum atomic E-state index is 6.07. The molecule has 0 amide bonds. The molecule has 2 aliphatic heterocycles. The van der Waals surface area contributed by atoms with Gasteiger partial charge in [0.1, 0.15) is 0 Å². The van der Waals surface area contributed by atoms with Crippen molar-refractivity contribution in [1.29, 1.82) is 0 Å². The molecule has 1 aromatic carbocycles. The molecule has 2 aliphatic rings. The fraction of sp³-hybridized carbons (Fsp3) is 0.538. The van der Waals surface area contributed by atoms with Crippen LogP contribution in [-0.2, 0) is 6.42 Å². The number of hydrogen-bond donors (Lipinski definition) is 1. The minimum Gasteiger partial charge on any atom is -0.365 e. The average Bonchev–Trinajstić information content (AvgIpc) is 2.13. The molecule has 1 unspecified atom stereocenters. The third kappa shape index (κ3) is 1.70. The molecule has 86 valence electrons. The molecule has 1 N–H and O–H groups in total. The highest BCUT2D eigenvalue weighted by Gasteiger charge is 2.30. The first-order chi connectivity index (χ1) is 7.74. The van der Waals surface area contributed by atoms with Crippen LogP contribution in [0.15, 0.2) is 18.2 Å². The molecule has 16 heavy (non-hydrogen) atoms. The minimum atomic E-state index is 0.683. The van der Waals surface area contributed by atoms with Gasteiger partial charge < -0.3 is 10.2 Å². The Morgan fingerprint density at radius 1 is 1.38 bits per heavy atom. The van der Waals surface area contributed by atoms with Crippen molar-refractivity contribution in [3.63, 3.8) is 0 Å². The quantitative estimate of drug-likeness (QED) is 0.805. The lowest BCUT2D eigenvalue weighted by atomic mass is 9.92. The Bertz CT molecular complexity index is 401. The highest BCUT2D eigenvalue weighted by molar-refractivity contribution is 6.30. The summed E-state index contributed by atoms with van der Waals surface area (Å²) in [6, 6.07) is 7.01. The SMILES string of the molecule is CC1Cc2cc(Cl)ccc2N(C2CNC2)C1. The lowest BCUT2D eigenvalue weighted by Gasteiger charge is -2.44. The molecule has 3 rings (SSSR count). The second kappa shape index (κ2) is 3.94. The van der Waals surface area contributed by atoms with Crippen LogP contribution >= 0.6 is 11.6 Å². The average molecular weight is 237 g/mol. The van der Waals surface area contributed by atoms with Gasteiger partial charge in [0.15, 0.2) is 0 Å². The third-order valence-electron chi connectivity index (χ3n) is 3.63. The van der Waals surface area contributed by atoms with E-state index >= 15 is 0 Å². The summed E-state index contributed by atoms with van der Waals surface area (Å²) in [6.07, 6.45) is 1.16. The number of fused-ring (bicyclic) bond motifs is 1. The zero-order chi connectivity index (χ0) is 11.1. The van der Waals surface area contributed by atoms with Crippen molar-refractivity contribution in [3.8, 4) is 0 Å². The van der Waals surface area contributed by atoms with Crippen LogP contribution in [-0.4, -0.2) is 25.7 Å². The zero-order valence-electron chi connectivity index (χ0n) is 9.54. The first-order valence-corrected chi connectivity index (χ1v) is 6.37. The highest BCUT2D eigenvalue weighted by Crippen LogP contribution is 2.33. The summed E-state index contributed by atoms with van der Waals surface area (Å²) >= 11 is 6.07. The summed E-state index contributed by atoms with van der Waals surface area (Å²) in [7, 11) is 0. The molecular weight excluding hydrogens is 220 g/mol. The Hall–Kier alpha value is -0.730. The van der Waals surface area contributed by atoms with Crippen molar-refractivity contribution in [2.45, 2.75) is 19.4 Å². The van der Waals surface area contributed by atoms with E-state index in [0.717, 1.165) is 30.5 Å². The number of benzene rings is 1. The molecule has 0 spiro atoms. The molecular formula is C13H17ClN2. The lowest BCUT2D eigenvalue weighted by Crippen LogP contribution is -2.59. The van der Waals surface area contributed by atoms with Gasteiger partial charge in [-0.3, -0.25) is 0 Å². The monoisotopic (exact) mass is 236 g/mol. The second-order valence-electron chi connectivity index (χ2n) is 5.05. The van der Waals surface area contributed by atoms with Crippen LogP contribution in [0.1, 0.15) is 12.5 Å². The van der Waals surface area contributed by atoms with Gasteiger partial charge in [-0.15, -0.1) is 0 Å². The van der Waals surface area contributed by atoms with E-state index in [2.05, 4.69) is 29.3 Å². The maximum Gasteiger partial charge on any atom is 0.0539 e. The second-order valence-corrected chi connectivity index (χ2v) is 5.48. The Morgan fingerprint density at radius 2 is 2.19 bits per heavy atom. The number of hydrogen-bond acceptors (Lipinski definition) is 2. The van der Waals surface area contributed by atoms with E-state index in [0.29, 0.717) is 6.04 Å². The van der Waals surface area contributed by atoms with Gasteiger partial charge in [0, 0.05) is 30.3 Å². The van der Waals surface area contributed by atoms with E-state index in [9.17, 15) is 0 Å². The van der Waals surface area contributed by atoms with Crippen LogP contribution in [0.25, 0.3) is 0 Å². The summed E-state index contributed by atoms with van der Waals surface area (Å²) in [4.78, 5) is 2.55. The zero-order valence-corrected chi connectivity index (χ0v) is 10.3. The fourth-order valence-electron chi connectivity index (χ4n) is 2.71. The molecule has 0 aliphatic carbocycles. The first-order valence-electron chi connectivity index (χ1n) is 6.00. The lowest BCUT2D eigenvalue weighted by molar-refractivity contribution is 0.382. The molecule has 0 aromatic heterocycles. The van der Waals surface area contributed by atoms with E-state index in [4.69, 9.17) is 11.6 Å². The Labute approximate surface area is 102 Å². The van der Waals surface area contributed by atoms with Crippen LogP contribution in [0, 0.1) is 5.92 Å². The molecule has 0 saturated carbocycles. The summed E-state index contributed by atoms with van der Waals surface area (Å²) in [6.45, 7) is 5.74. The number of rotatable bonds is 1. The highest BCUT2D eigenvalue weighted by atomic mass is 35.5. The summed E-state index contributed by atoms with van der Waals surface area (Å²) in [5.41, 5.74) is 2.81. The van der Waals surface area contributed by atoms with Crippen molar-refractivity contribution < 1.29 is 0 Å². The molecule has 1 atom stereocenters. The van der Waals surface area contributed by atoms with E-state index in [1.54, 1.807) is 0 Å². The van der Waals surface area contributed by atoms with Gasteiger partial charge in [-0.2, -0.15) is 0 Å². The van der Waals surface area contributed by atoms with Crippen molar-refractivity contribution in [2.24, 2.45) is 5.92 Å². The van der Waals surface area contributed by atoms with Gasteiger partial charge in [-0.25, -0.2) is 0 Å². The van der Waals surface area contributed by atoms with Gasteiger partial charge in [0.2, 0.25) is 0 Å². The standard InChI is InChI=1S/C13H17ClN2/c1-9-4-10-5-11(14)2-3-13(10)16(8-9)12-6-15-7-12/h2-3,5,9,12,15H,4,6-8H2,1H3. The van der Waals surface area contributed by atoms with Gasteiger partial charge >= 0.3 is 0 Å². The van der Waals surface area contributed by atoms with Gasteiger partial charge in [0.05, 0.1) is 6.04 Å². The number of halogens is 1. The van der Waals surface area contributed by atoms with E-state index in [1.165, 1.54) is 17.8 Å². The van der Waals surface area contributed by atoms with E-state index < -0.39 is 0 Å². The Kier molecular flexibility index (Phi) is 2.56. The fourth-order valence-corrected chi connectivity index (χ4v) is 2.91. The van der Waals surface area contributed by atoms with Crippen LogP contribution < -0.4 is 10.2 Å². The Balaban J connectivity index is 1.97. The van der Waals surface area contributed by atoms with Crippen LogP contribution in [0.4, 0.5) is 5.69 Å². The molecule has 1 saturated heterocycles. The smallest absolute Gasteiger partial charge is 0.0539 e. The number of anilines is 1. The predicted molar refractivity (Wildman–Crippen MR) is 68.3 cm³/mol. The summed E-state index contributed by atoms with van der Waals surface area (Å²) in [5, 5.41) is 4.21. The maximum absolute atomic E-state index is 6.07. The van der Waals surface area contributed by atoms with Gasteiger partial charge in [-0.1, -0.05) is 18.5 Å². The van der Waals surface area contributed by atoms with Crippen molar-refractivity contribution in [1.82, 2.24) is 5.32 Å². The molecule has 2 heterocycles. The molecule has 3 heteroatoms. The molecule has 1 fully saturated rings. The predicted octanol–water partition coefficient (Wildman–Crippen LogP) is 2.31. The van der Waals surface area contributed by atoms with Crippen LogP contribution in [0.3, 0.4) is 0 Å². The van der Waals surface area contributed by atoms with Crippen LogP contribution in [0.2, 0.25) is 5.02 Å². The molecule has 0 radical (unpaired) electrons. The van der Waals surface area contributed by atoms with Crippen molar-refractivity contribution >= 4 is 17.3 Å². The van der Waals surface area contributed by atoms with Gasteiger partial charge in [0.25, 0.3) is 0 Å². The summed E-state index contributed by atoms with van der Waals surface area (Å²) < 4.78 is 0. The minimum absolute atomic E-state index is 0.683. The van der Waals surface area contributed by atoms with Crippen molar-refractivity contribution in [2.75, 3.05) is 24.5 Å². The van der Waals surface area contributed by atoms with E-state index in [-0.39, 0.29) is 0 Å².